The van der Waals surface area contributed by atoms with Crippen LogP contribution in [0.1, 0.15) is 23.4 Å². The third-order valence-electron chi connectivity index (χ3n) is 4.55. The molecule has 1 atom stereocenters. The van der Waals surface area contributed by atoms with Crippen molar-refractivity contribution in [1.82, 2.24) is 0 Å². The summed E-state index contributed by atoms with van der Waals surface area (Å²) in [7, 11) is 0. The number of benzene rings is 2. The Bertz CT molecular complexity index is 898. The molecule has 1 aliphatic heterocycles. The quantitative estimate of drug-likeness (QED) is 0.511. The molecule has 0 spiro atoms. The fourth-order valence-electron chi connectivity index (χ4n) is 3.31. The normalized spacial score (nSPS) is 16.2. The molecule has 0 saturated carbocycles. The van der Waals surface area contributed by atoms with Crippen molar-refractivity contribution >= 4 is 23.4 Å². The van der Waals surface area contributed by atoms with Gasteiger partial charge in [0.15, 0.2) is 0 Å². The predicted molar refractivity (Wildman–Crippen MR) is 97.8 cm³/mol. The van der Waals surface area contributed by atoms with E-state index in [1.807, 2.05) is 23.1 Å². The second-order valence-corrected chi connectivity index (χ2v) is 7.20. The van der Waals surface area contributed by atoms with Crippen LogP contribution in [-0.2, 0) is 4.79 Å². The first-order valence-corrected chi connectivity index (χ1v) is 8.99. The molecule has 0 N–H and O–H groups in total. The van der Waals surface area contributed by atoms with Gasteiger partial charge in [0.25, 0.3) is 0 Å². The first-order chi connectivity index (χ1) is 11.7. The van der Waals surface area contributed by atoms with Crippen molar-refractivity contribution in [3.8, 4) is 16.9 Å². The zero-order valence-corrected chi connectivity index (χ0v) is 14.6. The van der Waals surface area contributed by atoms with Gasteiger partial charge in [-0.15, -0.1) is 4.57 Å². The van der Waals surface area contributed by atoms with Crippen LogP contribution in [0.15, 0.2) is 53.9 Å². The van der Waals surface area contributed by atoms with Gasteiger partial charge in [0.1, 0.15) is 5.69 Å². The fraction of sp³-hybridized carbons (Fsp3) is 0.200. The molecular formula is C20H19N2OS+. The summed E-state index contributed by atoms with van der Waals surface area (Å²) in [6, 6.07) is 16.8. The van der Waals surface area contributed by atoms with Crippen molar-refractivity contribution < 1.29 is 9.36 Å². The minimum absolute atomic E-state index is 0.284. The van der Waals surface area contributed by atoms with E-state index < -0.39 is 0 Å². The third kappa shape index (κ3) is 2.34. The molecule has 0 radical (unpaired) electrons. The number of para-hydroxylation sites is 2. The van der Waals surface area contributed by atoms with Gasteiger partial charge in [-0.1, -0.05) is 41.2 Å². The molecule has 24 heavy (non-hydrogen) atoms. The van der Waals surface area contributed by atoms with Crippen LogP contribution >= 0.6 is 11.3 Å². The van der Waals surface area contributed by atoms with Crippen LogP contribution in [0.3, 0.4) is 0 Å². The van der Waals surface area contributed by atoms with Crippen molar-refractivity contribution in [3.05, 3.63) is 64.5 Å². The van der Waals surface area contributed by atoms with Gasteiger partial charge in [-0.2, -0.15) is 0 Å². The minimum Gasteiger partial charge on any atom is -0.308 e. The second kappa shape index (κ2) is 5.87. The molecule has 4 heteroatoms. The number of aromatic nitrogens is 1. The summed E-state index contributed by atoms with van der Waals surface area (Å²) in [5.41, 5.74) is 5.67. The van der Waals surface area contributed by atoms with Crippen molar-refractivity contribution in [2.75, 3.05) is 11.4 Å². The van der Waals surface area contributed by atoms with Gasteiger partial charge >= 0.3 is 0 Å². The summed E-state index contributed by atoms with van der Waals surface area (Å²) in [6.07, 6.45) is 0.942. The molecule has 2 heterocycles. The van der Waals surface area contributed by atoms with Crippen LogP contribution in [0.4, 0.5) is 5.69 Å². The Hall–Kier alpha value is -2.46. The SMILES string of the molecule is Cc1ccc(-c2csc3[n+]2-c2ccccc2N(C=O)CC3C)cc1. The number of nitrogens with zero attached hydrogens (tertiary/aromatic N) is 2. The molecule has 1 aromatic heterocycles. The Labute approximate surface area is 145 Å². The summed E-state index contributed by atoms with van der Waals surface area (Å²) < 4.78 is 2.32. The number of carbonyl (C=O) groups is 1. The van der Waals surface area contributed by atoms with E-state index in [1.54, 1.807) is 11.3 Å². The van der Waals surface area contributed by atoms with Crippen molar-refractivity contribution in [2.45, 2.75) is 19.8 Å². The highest BCUT2D eigenvalue weighted by atomic mass is 32.1. The Morgan fingerprint density at radius 3 is 2.67 bits per heavy atom. The first kappa shape index (κ1) is 15.1. The molecule has 1 amide bonds. The first-order valence-electron chi connectivity index (χ1n) is 8.11. The van der Waals surface area contributed by atoms with Crippen LogP contribution in [0, 0.1) is 6.92 Å². The van der Waals surface area contributed by atoms with Crippen LogP contribution in [0.2, 0.25) is 0 Å². The zero-order chi connectivity index (χ0) is 16.7. The lowest BCUT2D eigenvalue weighted by molar-refractivity contribution is -0.586. The standard InChI is InChI=1S/C20H19N2OS/c1-14-7-9-16(10-8-14)19-12-24-20-15(2)11-21(13-23)17-5-3-4-6-18(17)22(19)20/h3-10,12-13,15H,11H2,1-2H3/q+1. The topological polar surface area (TPSA) is 24.2 Å². The monoisotopic (exact) mass is 335 g/mol. The lowest BCUT2D eigenvalue weighted by atomic mass is 10.1. The predicted octanol–water partition coefficient (Wildman–Crippen LogP) is 4.08. The Kier molecular flexibility index (Phi) is 3.69. The van der Waals surface area contributed by atoms with Gasteiger partial charge < -0.3 is 4.90 Å². The van der Waals surface area contributed by atoms with Crippen molar-refractivity contribution in [3.63, 3.8) is 0 Å². The zero-order valence-electron chi connectivity index (χ0n) is 13.8. The third-order valence-corrected chi connectivity index (χ3v) is 5.72. The van der Waals surface area contributed by atoms with E-state index in [1.165, 1.54) is 21.8 Å². The average Bonchev–Trinajstić information content (AvgIpc) is 3.00. The summed E-state index contributed by atoms with van der Waals surface area (Å²) in [6.45, 7) is 4.99. The van der Waals surface area contributed by atoms with Gasteiger partial charge in [-0.3, -0.25) is 4.79 Å². The highest BCUT2D eigenvalue weighted by molar-refractivity contribution is 7.09. The minimum atomic E-state index is 0.284. The molecule has 1 unspecified atom stereocenters. The van der Waals surface area contributed by atoms with E-state index in [-0.39, 0.29) is 5.92 Å². The highest BCUT2D eigenvalue weighted by Gasteiger charge is 2.35. The maximum absolute atomic E-state index is 11.6. The molecule has 1 aliphatic rings. The average molecular weight is 335 g/mol. The van der Waals surface area contributed by atoms with Crippen LogP contribution in [0.25, 0.3) is 16.9 Å². The second-order valence-electron chi connectivity index (χ2n) is 6.31. The number of amides is 1. The smallest absolute Gasteiger partial charge is 0.248 e. The van der Waals surface area contributed by atoms with Gasteiger partial charge in [-0.25, -0.2) is 0 Å². The number of hydrogen-bond acceptors (Lipinski definition) is 2. The van der Waals surface area contributed by atoms with E-state index in [0.717, 1.165) is 17.8 Å². The molecule has 4 rings (SSSR count). The number of thiazole rings is 1. The van der Waals surface area contributed by atoms with Crippen LogP contribution < -0.4 is 9.47 Å². The largest absolute Gasteiger partial charge is 0.308 e. The Morgan fingerprint density at radius 2 is 1.92 bits per heavy atom. The van der Waals surface area contributed by atoms with Crippen LogP contribution in [0.5, 0.6) is 0 Å². The van der Waals surface area contributed by atoms with Gasteiger partial charge in [0.2, 0.25) is 22.8 Å². The number of hydrogen-bond donors (Lipinski definition) is 0. The molecule has 0 aliphatic carbocycles. The van der Waals surface area contributed by atoms with Crippen molar-refractivity contribution in [1.29, 1.82) is 0 Å². The van der Waals surface area contributed by atoms with Crippen LogP contribution in [-0.4, -0.2) is 13.0 Å². The van der Waals surface area contributed by atoms with Gasteiger partial charge in [-0.05, 0) is 32.0 Å². The fourth-order valence-corrected chi connectivity index (χ4v) is 4.40. The number of carbonyl (C=O) groups excluding carboxylic acids is 1. The van der Waals surface area contributed by atoms with E-state index >= 15 is 0 Å². The molecule has 0 bridgehead atoms. The highest BCUT2D eigenvalue weighted by Crippen LogP contribution is 2.33. The Morgan fingerprint density at radius 1 is 1.17 bits per heavy atom. The number of aryl methyl sites for hydroxylation is 1. The van der Waals surface area contributed by atoms with E-state index in [9.17, 15) is 4.79 Å². The van der Waals surface area contributed by atoms with Gasteiger partial charge in [0, 0.05) is 18.2 Å². The summed E-state index contributed by atoms with van der Waals surface area (Å²) >= 11 is 1.77. The van der Waals surface area contributed by atoms with Gasteiger partial charge in [0.05, 0.1) is 11.3 Å². The molecule has 3 aromatic rings. The number of rotatable bonds is 2. The molecule has 2 aromatic carbocycles. The summed E-state index contributed by atoms with van der Waals surface area (Å²) in [4.78, 5) is 13.4. The molecule has 0 saturated heterocycles. The van der Waals surface area contributed by atoms with E-state index in [0.29, 0.717) is 6.54 Å². The summed E-state index contributed by atoms with van der Waals surface area (Å²) in [5.74, 6) is 0.284. The molecule has 0 fully saturated rings. The van der Waals surface area contributed by atoms with E-state index in [4.69, 9.17) is 0 Å². The summed E-state index contributed by atoms with van der Waals surface area (Å²) in [5, 5.41) is 3.51. The lowest BCUT2D eigenvalue weighted by Crippen LogP contribution is -2.35. The molecule has 120 valence electrons. The maximum atomic E-state index is 11.6. The lowest BCUT2D eigenvalue weighted by Gasteiger charge is -2.16. The number of anilines is 1. The number of fused-ring (bicyclic) bond motifs is 3. The molecule has 3 nitrogen and oxygen atoms in total. The van der Waals surface area contributed by atoms with Crippen molar-refractivity contribution in [2.24, 2.45) is 0 Å². The maximum Gasteiger partial charge on any atom is 0.248 e. The Balaban J connectivity index is 1.98. The molecular weight excluding hydrogens is 316 g/mol. The van der Waals surface area contributed by atoms with E-state index in [2.05, 4.69) is 54.1 Å².